The van der Waals surface area contributed by atoms with Crippen molar-refractivity contribution >= 4 is 16.3 Å². The molecule has 0 bridgehead atoms. The standard InChI is InChI=1S/C14H23N3O2S/c1-11-5-7-16(8-6-11)14(2,10-15)9-12-3-4-13(20-12)17(18)19/h3-4,11H,5-10,15H2,1-2H3. The van der Waals surface area contributed by atoms with E-state index in [0.29, 0.717) is 6.54 Å². The summed E-state index contributed by atoms with van der Waals surface area (Å²) >= 11 is 1.27. The van der Waals surface area contributed by atoms with E-state index in [4.69, 9.17) is 5.73 Å². The molecule has 1 aromatic rings. The predicted molar refractivity (Wildman–Crippen MR) is 82.1 cm³/mol. The molecule has 2 rings (SSSR count). The van der Waals surface area contributed by atoms with E-state index in [1.165, 1.54) is 24.2 Å². The number of hydrogen-bond donors (Lipinski definition) is 1. The molecule has 1 fully saturated rings. The van der Waals surface area contributed by atoms with Gasteiger partial charge in [-0.15, -0.1) is 0 Å². The number of nitrogens with two attached hydrogens (primary N) is 1. The summed E-state index contributed by atoms with van der Waals surface area (Å²) in [5.74, 6) is 0.788. The van der Waals surface area contributed by atoms with Crippen molar-refractivity contribution in [1.82, 2.24) is 4.90 Å². The van der Waals surface area contributed by atoms with Gasteiger partial charge in [0.2, 0.25) is 0 Å². The van der Waals surface area contributed by atoms with Crippen LogP contribution in [0.25, 0.3) is 0 Å². The number of nitro groups is 1. The Morgan fingerprint density at radius 2 is 2.15 bits per heavy atom. The van der Waals surface area contributed by atoms with E-state index in [1.54, 1.807) is 6.07 Å². The van der Waals surface area contributed by atoms with Crippen LogP contribution in [0.2, 0.25) is 0 Å². The molecule has 1 saturated heterocycles. The fourth-order valence-electron chi connectivity index (χ4n) is 2.80. The van der Waals surface area contributed by atoms with Crippen molar-refractivity contribution in [1.29, 1.82) is 0 Å². The Hall–Kier alpha value is -0.980. The second kappa shape index (κ2) is 6.20. The molecule has 2 N–H and O–H groups in total. The molecule has 0 aromatic carbocycles. The summed E-state index contributed by atoms with van der Waals surface area (Å²) in [6.07, 6.45) is 3.21. The van der Waals surface area contributed by atoms with Gasteiger partial charge < -0.3 is 5.73 Å². The molecule has 1 aliphatic heterocycles. The first-order valence-corrected chi connectivity index (χ1v) is 7.94. The highest BCUT2D eigenvalue weighted by molar-refractivity contribution is 7.15. The molecule has 0 saturated carbocycles. The molecule has 2 heterocycles. The highest BCUT2D eigenvalue weighted by Gasteiger charge is 2.33. The SMILES string of the molecule is CC1CCN(C(C)(CN)Cc2ccc([N+](=O)[O-])s2)CC1. The maximum absolute atomic E-state index is 10.8. The Bertz CT molecular complexity index is 469. The Labute approximate surface area is 123 Å². The molecular formula is C14H23N3O2S. The first-order valence-electron chi connectivity index (χ1n) is 7.13. The highest BCUT2D eigenvalue weighted by atomic mass is 32.1. The van der Waals surface area contributed by atoms with Gasteiger partial charge in [0.15, 0.2) is 0 Å². The van der Waals surface area contributed by atoms with Crippen LogP contribution in [0.5, 0.6) is 0 Å². The Morgan fingerprint density at radius 1 is 1.50 bits per heavy atom. The summed E-state index contributed by atoms with van der Waals surface area (Å²) in [4.78, 5) is 13.9. The van der Waals surface area contributed by atoms with Crippen LogP contribution in [0, 0.1) is 16.0 Å². The van der Waals surface area contributed by atoms with Crippen molar-refractivity contribution in [2.45, 2.75) is 38.6 Å². The zero-order chi connectivity index (χ0) is 14.8. The van der Waals surface area contributed by atoms with Crippen LogP contribution in [0.15, 0.2) is 12.1 Å². The van der Waals surface area contributed by atoms with E-state index >= 15 is 0 Å². The minimum atomic E-state index is -0.323. The lowest BCUT2D eigenvalue weighted by Gasteiger charge is -2.44. The van der Waals surface area contributed by atoms with Crippen molar-refractivity contribution in [3.63, 3.8) is 0 Å². The molecule has 5 nitrogen and oxygen atoms in total. The molecule has 1 aromatic heterocycles. The van der Waals surface area contributed by atoms with E-state index in [9.17, 15) is 10.1 Å². The van der Waals surface area contributed by atoms with Crippen LogP contribution in [0.3, 0.4) is 0 Å². The van der Waals surface area contributed by atoms with Gasteiger partial charge in [-0.2, -0.15) is 0 Å². The van der Waals surface area contributed by atoms with Gasteiger partial charge in [0, 0.05) is 29.4 Å². The summed E-state index contributed by atoms with van der Waals surface area (Å²) < 4.78 is 0. The van der Waals surface area contributed by atoms with Crippen LogP contribution in [0.1, 0.15) is 31.6 Å². The van der Waals surface area contributed by atoms with Crippen LogP contribution in [-0.4, -0.2) is 35.0 Å². The number of likely N-dealkylation sites (tertiary alicyclic amines) is 1. The second-order valence-electron chi connectivity index (χ2n) is 6.04. The zero-order valence-corrected chi connectivity index (χ0v) is 13.0. The van der Waals surface area contributed by atoms with E-state index in [0.717, 1.165) is 30.3 Å². The maximum Gasteiger partial charge on any atom is 0.324 e. The number of hydrogen-bond acceptors (Lipinski definition) is 5. The molecule has 0 spiro atoms. The molecular weight excluding hydrogens is 274 g/mol. The van der Waals surface area contributed by atoms with Crippen LogP contribution in [0.4, 0.5) is 5.00 Å². The van der Waals surface area contributed by atoms with Gasteiger partial charge >= 0.3 is 5.00 Å². The Kier molecular flexibility index (Phi) is 4.78. The van der Waals surface area contributed by atoms with Gasteiger partial charge in [-0.1, -0.05) is 18.3 Å². The van der Waals surface area contributed by atoms with Crippen molar-refractivity contribution in [3.8, 4) is 0 Å². The molecule has 0 radical (unpaired) electrons. The van der Waals surface area contributed by atoms with Crippen LogP contribution in [-0.2, 0) is 6.42 Å². The largest absolute Gasteiger partial charge is 0.329 e. The van der Waals surface area contributed by atoms with Crippen LogP contribution >= 0.6 is 11.3 Å². The van der Waals surface area contributed by atoms with Crippen molar-refractivity contribution in [3.05, 3.63) is 27.1 Å². The topological polar surface area (TPSA) is 72.4 Å². The minimum Gasteiger partial charge on any atom is -0.329 e. The summed E-state index contributed by atoms with van der Waals surface area (Å²) in [5.41, 5.74) is 5.92. The molecule has 1 atom stereocenters. The third-order valence-electron chi connectivity index (χ3n) is 4.37. The van der Waals surface area contributed by atoms with Crippen LogP contribution < -0.4 is 5.73 Å². The third-order valence-corrected chi connectivity index (χ3v) is 5.41. The van der Waals surface area contributed by atoms with E-state index in [2.05, 4.69) is 18.7 Å². The summed E-state index contributed by atoms with van der Waals surface area (Å²) in [5, 5.41) is 11.0. The zero-order valence-electron chi connectivity index (χ0n) is 12.2. The smallest absolute Gasteiger partial charge is 0.324 e. The predicted octanol–water partition coefficient (Wildman–Crippen LogP) is 2.65. The highest BCUT2D eigenvalue weighted by Crippen LogP contribution is 2.31. The second-order valence-corrected chi connectivity index (χ2v) is 7.19. The lowest BCUT2D eigenvalue weighted by molar-refractivity contribution is -0.380. The molecule has 6 heteroatoms. The average molecular weight is 297 g/mol. The summed E-state index contributed by atoms with van der Waals surface area (Å²) in [7, 11) is 0. The number of piperidine rings is 1. The van der Waals surface area contributed by atoms with E-state index in [-0.39, 0.29) is 15.5 Å². The van der Waals surface area contributed by atoms with Gasteiger partial charge in [-0.25, -0.2) is 0 Å². The van der Waals surface area contributed by atoms with Crippen molar-refractivity contribution in [2.75, 3.05) is 19.6 Å². The average Bonchev–Trinajstić information content (AvgIpc) is 2.88. The fourth-order valence-corrected chi connectivity index (χ4v) is 3.80. The molecule has 1 aliphatic rings. The van der Waals surface area contributed by atoms with Gasteiger partial charge in [-0.3, -0.25) is 15.0 Å². The van der Waals surface area contributed by atoms with Gasteiger partial charge in [0.1, 0.15) is 0 Å². The maximum atomic E-state index is 10.8. The third kappa shape index (κ3) is 3.37. The van der Waals surface area contributed by atoms with Gasteiger partial charge in [0.25, 0.3) is 0 Å². The molecule has 1 unspecified atom stereocenters. The van der Waals surface area contributed by atoms with Crippen molar-refractivity contribution < 1.29 is 4.92 Å². The molecule has 0 amide bonds. The van der Waals surface area contributed by atoms with E-state index in [1.807, 2.05) is 6.07 Å². The van der Waals surface area contributed by atoms with Gasteiger partial charge in [0.05, 0.1) is 4.92 Å². The first-order chi connectivity index (χ1) is 9.44. The number of thiophene rings is 1. The van der Waals surface area contributed by atoms with Gasteiger partial charge in [-0.05, 0) is 44.8 Å². The molecule has 0 aliphatic carbocycles. The monoisotopic (exact) mass is 297 g/mol. The number of nitrogens with zero attached hydrogens (tertiary/aromatic N) is 2. The first kappa shape index (κ1) is 15.4. The van der Waals surface area contributed by atoms with Crippen molar-refractivity contribution in [2.24, 2.45) is 11.7 Å². The fraction of sp³-hybridized carbons (Fsp3) is 0.714. The minimum absolute atomic E-state index is 0.0984. The lowest BCUT2D eigenvalue weighted by atomic mass is 9.89. The number of rotatable bonds is 5. The summed E-state index contributed by atoms with van der Waals surface area (Å²) in [6, 6.07) is 3.46. The normalized spacial score (nSPS) is 20.8. The van der Waals surface area contributed by atoms with E-state index < -0.39 is 0 Å². The molecule has 112 valence electrons. The Balaban J connectivity index is 2.07. The lowest BCUT2D eigenvalue weighted by Crippen LogP contribution is -2.55. The molecule has 20 heavy (non-hydrogen) atoms. The summed E-state index contributed by atoms with van der Waals surface area (Å²) in [6.45, 7) is 7.19. The quantitative estimate of drug-likeness (QED) is 0.670. The Morgan fingerprint density at radius 3 is 2.65 bits per heavy atom.